The number of carbonyl (C=O) groups is 1. The predicted octanol–water partition coefficient (Wildman–Crippen LogP) is 3.91. The third-order valence-corrected chi connectivity index (χ3v) is 9.42. The summed E-state index contributed by atoms with van der Waals surface area (Å²) in [7, 11) is 3.92. The van der Waals surface area contributed by atoms with Crippen LogP contribution in [0.3, 0.4) is 0 Å². The van der Waals surface area contributed by atoms with Crippen LogP contribution in [-0.2, 0) is 4.79 Å². The molecule has 1 aliphatic carbocycles. The van der Waals surface area contributed by atoms with Gasteiger partial charge in [-0.25, -0.2) is 0 Å². The van der Waals surface area contributed by atoms with Gasteiger partial charge in [-0.05, 0) is 0 Å². The van der Waals surface area contributed by atoms with E-state index >= 15 is 0 Å². The van der Waals surface area contributed by atoms with E-state index in [0.29, 0.717) is 17.9 Å². The van der Waals surface area contributed by atoms with Crippen LogP contribution in [0.2, 0.25) is 0 Å². The molecule has 30 heavy (non-hydrogen) atoms. The van der Waals surface area contributed by atoms with E-state index in [2.05, 4.69) is 36.4 Å². The van der Waals surface area contributed by atoms with Gasteiger partial charge in [0.1, 0.15) is 0 Å². The Labute approximate surface area is 200 Å². The SMILES string of the molecule is B=C[C@@H]1CC(O)[C@H](C/C=C\CSCC(=O)O)[C@H]1/C=C/[C@@H](O)CSc1cc(Br)c(C)s1. The van der Waals surface area contributed by atoms with Crippen LogP contribution in [0.25, 0.3) is 0 Å². The zero-order valence-corrected chi connectivity index (χ0v) is 21.0. The zero-order chi connectivity index (χ0) is 22.1. The number of halogens is 1. The average molecular weight is 531 g/mol. The second kappa shape index (κ2) is 13.3. The van der Waals surface area contributed by atoms with Crippen molar-refractivity contribution in [2.45, 2.75) is 36.2 Å². The molecule has 1 aromatic heterocycles. The number of carboxylic acids is 1. The molecule has 1 aliphatic rings. The van der Waals surface area contributed by atoms with Gasteiger partial charge in [0.15, 0.2) is 0 Å². The van der Waals surface area contributed by atoms with Crippen LogP contribution in [0.4, 0.5) is 0 Å². The van der Waals surface area contributed by atoms with Crippen LogP contribution in [0.5, 0.6) is 0 Å². The Morgan fingerprint density at radius 1 is 1.47 bits per heavy atom. The van der Waals surface area contributed by atoms with Crippen LogP contribution >= 0.6 is 50.8 Å². The van der Waals surface area contributed by atoms with E-state index in [1.165, 1.54) is 20.8 Å². The molecule has 2 rings (SSSR count). The molecule has 1 heterocycles. The Hall–Kier alpha value is -0.315. The molecule has 3 N–H and O–H groups in total. The van der Waals surface area contributed by atoms with Crippen molar-refractivity contribution in [3.63, 3.8) is 0 Å². The fourth-order valence-electron chi connectivity index (χ4n) is 3.56. The van der Waals surface area contributed by atoms with Gasteiger partial charge in [-0.15, -0.1) is 0 Å². The van der Waals surface area contributed by atoms with Crippen molar-refractivity contribution in [3.8, 4) is 0 Å². The number of hydrogen-bond donors (Lipinski definition) is 3. The number of aliphatic hydroxyl groups is 2. The molecule has 0 spiro atoms. The number of allylic oxidation sites excluding steroid dienone is 2. The predicted molar refractivity (Wildman–Crippen MR) is 136 cm³/mol. The van der Waals surface area contributed by atoms with Crippen molar-refractivity contribution in [1.82, 2.24) is 0 Å². The normalized spacial score (nSPS) is 25.3. The van der Waals surface area contributed by atoms with E-state index in [9.17, 15) is 15.0 Å². The fourth-order valence-corrected chi connectivity index (χ4v) is 6.99. The summed E-state index contributed by atoms with van der Waals surface area (Å²) in [6.45, 7) is 2.06. The number of thioether (sulfide) groups is 2. The molecular weight excluding hydrogens is 503 g/mol. The first-order chi connectivity index (χ1) is 14.3. The topological polar surface area (TPSA) is 77.8 Å². The summed E-state index contributed by atoms with van der Waals surface area (Å²) in [6.07, 6.45) is 8.33. The molecule has 1 unspecified atom stereocenters. The molecule has 0 bridgehead atoms. The minimum atomic E-state index is -0.808. The maximum absolute atomic E-state index is 10.5. The standard InChI is InChI=1S/C21H28BBrO4S3/c1-13-18(23)9-21(30-13)29-11-15(24)5-6-16-14(10-22)8-19(25)17(16)4-2-3-7-28-12-20(26)27/h2-3,5-6,9-10,14-17,19,22,24-25H,4,7-8,11-12H2,1H3,(H,26,27)/b3-2-,6-5+/t14-,15+,16-,17+,19?/m0/s1. The molecule has 5 atom stereocenters. The number of aryl methyl sites for hydroxylation is 1. The van der Waals surface area contributed by atoms with Gasteiger partial charge in [-0.3, -0.25) is 0 Å². The van der Waals surface area contributed by atoms with Crippen LogP contribution in [0.1, 0.15) is 17.7 Å². The van der Waals surface area contributed by atoms with Crippen LogP contribution in [0, 0.1) is 24.7 Å². The molecule has 0 amide bonds. The summed E-state index contributed by atoms with van der Waals surface area (Å²) in [4.78, 5) is 11.8. The first-order valence-electron chi connectivity index (χ1n) is 9.82. The summed E-state index contributed by atoms with van der Waals surface area (Å²) in [5.74, 6) is 2.81. The first-order valence-corrected chi connectivity index (χ1v) is 13.6. The van der Waals surface area contributed by atoms with Gasteiger partial charge < -0.3 is 0 Å². The number of thiophene rings is 1. The van der Waals surface area contributed by atoms with E-state index in [1.807, 2.05) is 30.3 Å². The Morgan fingerprint density at radius 3 is 2.87 bits per heavy atom. The third-order valence-electron chi connectivity index (χ3n) is 5.10. The summed E-state index contributed by atoms with van der Waals surface area (Å²) >= 11 is 8.23. The first kappa shape index (κ1) is 25.9. The van der Waals surface area contributed by atoms with Crippen LogP contribution in [-0.4, -0.2) is 64.2 Å². The molecule has 1 aromatic rings. The monoisotopic (exact) mass is 530 g/mol. The van der Waals surface area contributed by atoms with Gasteiger partial charge in [0.25, 0.3) is 0 Å². The second-order valence-corrected chi connectivity index (χ2v) is 11.8. The molecule has 0 radical (unpaired) electrons. The van der Waals surface area contributed by atoms with Crippen LogP contribution < -0.4 is 0 Å². The quantitative estimate of drug-likeness (QED) is 0.164. The van der Waals surface area contributed by atoms with E-state index in [0.717, 1.165) is 10.9 Å². The summed E-state index contributed by atoms with van der Waals surface area (Å²) < 4.78 is 2.28. The third kappa shape index (κ3) is 8.32. The van der Waals surface area contributed by atoms with Gasteiger partial charge in [0.2, 0.25) is 0 Å². The van der Waals surface area contributed by atoms with Crippen molar-refractivity contribution >= 4 is 70.2 Å². The van der Waals surface area contributed by atoms with Crippen molar-refractivity contribution in [1.29, 1.82) is 0 Å². The Morgan fingerprint density at radius 2 is 2.23 bits per heavy atom. The molecular formula is C21H28BBrO4S3. The van der Waals surface area contributed by atoms with E-state index in [-0.39, 0.29) is 23.5 Å². The van der Waals surface area contributed by atoms with E-state index in [4.69, 9.17) is 5.11 Å². The van der Waals surface area contributed by atoms with Crippen molar-refractivity contribution in [2.24, 2.45) is 17.8 Å². The van der Waals surface area contributed by atoms with Crippen molar-refractivity contribution in [3.05, 3.63) is 39.7 Å². The van der Waals surface area contributed by atoms with Crippen molar-refractivity contribution in [2.75, 3.05) is 17.3 Å². The fraction of sp³-hybridized carbons (Fsp3) is 0.524. The summed E-state index contributed by atoms with van der Waals surface area (Å²) in [6, 6.07) is 2.08. The van der Waals surface area contributed by atoms with Gasteiger partial charge in [-0.1, -0.05) is 0 Å². The maximum atomic E-state index is 10.5. The van der Waals surface area contributed by atoms with E-state index < -0.39 is 18.2 Å². The van der Waals surface area contributed by atoms with Crippen molar-refractivity contribution < 1.29 is 20.1 Å². The van der Waals surface area contributed by atoms with Gasteiger partial charge in [0.05, 0.1) is 0 Å². The second-order valence-electron chi connectivity index (χ2n) is 7.29. The number of aliphatic carboxylic acids is 1. The molecule has 0 aliphatic heterocycles. The minimum absolute atomic E-state index is 0.0701. The Kier molecular flexibility index (Phi) is 11.5. The Balaban J connectivity index is 1.89. The van der Waals surface area contributed by atoms with Gasteiger partial charge >= 0.3 is 201 Å². The number of rotatable bonds is 12. The summed E-state index contributed by atoms with van der Waals surface area (Å²) in [5.41, 5.74) is 0. The molecule has 164 valence electrons. The molecule has 0 saturated heterocycles. The number of hydrogen-bond acceptors (Lipinski definition) is 6. The van der Waals surface area contributed by atoms with Crippen LogP contribution in [0.15, 0.2) is 39.1 Å². The van der Waals surface area contributed by atoms with Gasteiger partial charge in [-0.2, -0.15) is 0 Å². The zero-order valence-electron chi connectivity index (χ0n) is 16.9. The number of aliphatic hydroxyl groups excluding tert-OH is 2. The average Bonchev–Trinajstić information content (AvgIpc) is 3.19. The molecule has 0 aromatic carbocycles. The molecule has 9 heteroatoms. The van der Waals surface area contributed by atoms with Gasteiger partial charge in [0, 0.05) is 0 Å². The molecule has 1 fully saturated rings. The summed E-state index contributed by atoms with van der Waals surface area (Å²) in [5, 5.41) is 29.6. The molecule has 4 nitrogen and oxygen atoms in total. The number of carboxylic acid groups (broad SMARTS) is 1. The Bertz CT molecular complexity index is 748. The van der Waals surface area contributed by atoms with E-state index in [1.54, 1.807) is 23.1 Å². The molecule has 1 saturated carbocycles.